The van der Waals surface area contributed by atoms with E-state index in [4.69, 9.17) is 21.3 Å². The molecule has 0 aliphatic carbocycles. The SMILES string of the molecule is C=CSCC(CC(C(C)C)N(C)C(=O)C[C@@H](C)CC)OC(C)=O.CC(CC(Cc1ccccc1)NC(=O)CN)C(=O)O.CN1CCCC[C@@H]1C(N)=O. The number of thioether (sulfide) groups is 1. The number of piperidine rings is 1. The fraction of sp³-hybridized carbons (Fsp3) is 0.667. The van der Waals surface area contributed by atoms with E-state index in [2.05, 4.69) is 39.6 Å². The topological polar surface area (TPSA) is 185 Å². The van der Waals surface area contributed by atoms with Gasteiger partial charge in [-0.05, 0) is 62.1 Å². The predicted molar refractivity (Wildman–Crippen MR) is 210 cm³/mol. The number of esters is 1. The molecular formula is C39H67N5O7S. The van der Waals surface area contributed by atoms with E-state index in [0.717, 1.165) is 31.4 Å². The summed E-state index contributed by atoms with van der Waals surface area (Å²) in [5.41, 5.74) is 11.5. The van der Waals surface area contributed by atoms with Crippen molar-refractivity contribution in [1.29, 1.82) is 0 Å². The first kappa shape index (κ1) is 48.6. The van der Waals surface area contributed by atoms with E-state index in [1.54, 1.807) is 12.3 Å². The standard InChI is InChI=1S/C18H33NO3S.C14H20N2O3.C7H14N2O/c1-8-14(5)10-18(21)19(7)17(13(3)4)11-16(12-23-9-2)22-15(6)20;1-10(14(18)19)7-12(16-13(17)9-15)8-11-5-3-2-4-6-11;1-9-5-3-2-4-6(9)7(8)10/h9,13-14,16-17H,2,8,10-12H2,1,3-7H3;2-6,10,12H,7-9,15H2,1H3,(H,16,17)(H,18,19);6H,2-5H2,1H3,(H2,8,10)/t14-,16?,17?;;6-/m0.1/s1. The maximum atomic E-state index is 12.5. The number of nitrogens with two attached hydrogens (primary N) is 2. The number of aliphatic carboxylic acids is 1. The zero-order chi connectivity index (χ0) is 39.8. The number of hydrogen-bond donors (Lipinski definition) is 4. The number of primary amides is 1. The first-order chi connectivity index (χ1) is 24.5. The smallest absolute Gasteiger partial charge is 0.306 e. The minimum atomic E-state index is -0.861. The number of carboxylic acid groups (broad SMARTS) is 1. The Morgan fingerprint density at radius 3 is 2.21 bits per heavy atom. The van der Waals surface area contributed by atoms with Gasteiger partial charge in [-0.25, -0.2) is 0 Å². The van der Waals surface area contributed by atoms with Crippen molar-refractivity contribution in [2.24, 2.45) is 29.2 Å². The molecule has 6 N–H and O–H groups in total. The highest BCUT2D eigenvalue weighted by atomic mass is 32.2. The van der Waals surface area contributed by atoms with Crippen molar-refractivity contribution in [3.8, 4) is 0 Å². The maximum absolute atomic E-state index is 12.5. The molecule has 0 radical (unpaired) electrons. The van der Waals surface area contributed by atoms with E-state index < -0.39 is 11.9 Å². The summed E-state index contributed by atoms with van der Waals surface area (Å²) < 4.78 is 5.42. The number of ether oxygens (including phenoxy) is 1. The van der Waals surface area contributed by atoms with Crippen molar-refractivity contribution in [3.63, 3.8) is 0 Å². The van der Waals surface area contributed by atoms with Gasteiger partial charge in [0.15, 0.2) is 0 Å². The normalized spacial score (nSPS) is 17.0. The third-order valence-electron chi connectivity index (χ3n) is 9.15. The second kappa shape index (κ2) is 27.2. The fourth-order valence-electron chi connectivity index (χ4n) is 5.82. The summed E-state index contributed by atoms with van der Waals surface area (Å²) in [5, 5.41) is 13.5. The molecule has 3 amide bonds. The van der Waals surface area contributed by atoms with Gasteiger partial charge < -0.3 is 31.5 Å². The monoisotopic (exact) mass is 749 g/mol. The second-order valence-electron chi connectivity index (χ2n) is 14.0. The van der Waals surface area contributed by atoms with Crippen molar-refractivity contribution < 1.29 is 33.8 Å². The Kier molecular flexibility index (Phi) is 25.4. The van der Waals surface area contributed by atoms with Gasteiger partial charge in [0, 0.05) is 44.6 Å². The summed E-state index contributed by atoms with van der Waals surface area (Å²) in [5.74, 6) is -0.579. The van der Waals surface area contributed by atoms with Gasteiger partial charge in [-0.3, -0.25) is 28.9 Å². The van der Waals surface area contributed by atoms with Gasteiger partial charge in [0.2, 0.25) is 17.7 Å². The lowest BCUT2D eigenvalue weighted by atomic mass is 9.95. The van der Waals surface area contributed by atoms with Crippen LogP contribution in [0.2, 0.25) is 0 Å². The molecule has 0 aromatic heterocycles. The van der Waals surface area contributed by atoms with Crippen LogP contribution in [0.25, 0.3) is 0 Å². The molecule has 2 rings (SSSR count). The molecule has 0 spiro atoms. The Morgan fingerprint density at radius 2 is 1.75 bits per heavy atom. The third kappa shape index (κ3) is 21.2. The van der Waals surface area contributed by atoms with Crippen LogP contribution in [0.5, 0.6) is 0 Å². The van der Waals surface area contributed by atoms with Gasteiger partial charge in [0.05, 0.1) is 18.5 Å². The van der Waals surface area contributed by atoms with Crippen LogP contribution in [0.4, 0.5) is 0 Å². The number of nitrogens with zero attached hydrogens (tertiary/aromatic N) is 2. The molecule has 1 fully saturated rings. The Bertz CT molecular complexity index is 1220. The molecule has 1 saturated heterocycles. The summed E-state index contributed by atoms with van der Waals surface area (Å²) in [7, 11) is 3.81. The van der Waals surface area contributed by atoms with Crippen LogP contribution in [0, 0.1) is 17.8 Å². The van der Waals surface area contributed by atoms with E-state index in [9.17, 15) is 24.0 Å². The van der Waals surface area contributed by atoms with Gasteiger partial charge >= 0.3 is 11.9 Å². The quantitative estimate of drug-likeness (QED) is 0.143. The van der Waals surface area contributed by atoms with Crippen LogP contribution in [0.1, 0.15) is 92.1 Å². The number of hydrogen-bond acceptors (Lipinski definition) is 9. The van der Waals surface area contributed by atoms with Crippen molar-refractivity contribution >= 4 is 41.4 Å². The van der Waals surface area contributed by atoms with Gasteiger partial charge in [0.25, 0.3) is 0 Å². The lowest BCUT2D eigenvalue weighted by molar-refractivity contribution is -0.147. The number of carbonyl (C=O) groups is 5. The van der Waals surface area contributed by atoms with E-state index >= 15 is 0 Å². The van der Waals surface area contributed by atoms with Crippen molar-refractivity contribution in [2.45, 2.75) is 117 Å². The summed E-state index contributed by atoms with van der Waals surface area (Å²) in [6, 6.07) is 9.48. The number of rotatable bonds is 19. The first-order valence-electron chi connectivity index (χ1n) is 18.4. The fourth-order valence-corrected chi connectivity index (χ4v) is 6.37. The van der Waals surface area contributed by atoms with Gasteiger partial charge in [0.1, 0.15) is 6.10 Å². The maximum Gasteiger partial charge on any atom is 0.306 e. The highest BCUT2D eigenvalue weighted by Gasteiger charge is 2.28. The largest absolute Gasteiger partial charge is 0.481 e. The number of likely N-dealkylation sites (N-methyl/N-ethyl adjacent to an activating group) is 1. The number of amides is 3. The van der Waals surface area contributed by atoms with E-state index in [0.29, 0.717) is 43.3 Å². The molecule has 1 aliphatic rings. The molecule has 0 saturated carbocycles. The van der Waals surface area contributed by atoms with Crippen molar-refractivity contribution in [2.75, 3.05) is 32.9 Å². The summed E-state index contributed by atoms with van der Waals surface area (Å²) in [6.45, 7) is 16.1. The highest BCUT2D eigenvalue weighted by molar-refractivity contribution is 8.02. The molecule has 1 aliphatic heterocycles. The zero-order valence-corrected chi connectivity index (χ0v) is 33.7. The number of carbonyl (C=O) groups excluding carboxylic acids is 4. The van der Waals surface area contributed by atoms with E-state index in [-0.39, 0.29) is 54.5 Å². The molecule has 1 aromatic rings. The Morgan fingerprint density at radius 1 is 1.12 bits per heavy atom. The summed E-state index contributed by atoms with van der Waals surface area (Å²) >= 11 is 1.53. The van der Waals surface area contributed by atoms with Crippen LogP contribution < -0.4 is 16.8 Å². The Hall–Kier alpha value is -3.42. The van der Waals surface area contributed by atoms with Crippen LogP contribution in [-0.2, 0) is 35.1 Å². The lowest BCUT2D eigenvalue weighted by Crippen LogP contribution is -2.45. The van der Waals surface area contributed by atoms with Crippen LogP contribution in [-0.4, -0.2) is 102 Å². The molecule has 52 heavy (non-hydrogen) atoms. The second-order valence-corrected chi connectivity index (χ2v) is 15.0. The number of carboxylic acids is 1. The average molecular weight is 750 g/mol. The van der Waals surface area contributed by atoms with Crippen LogP contribution >= 0.6 is 11.8 Å². The number of benzene rings is 1. The van der Waals surface area contributed by atoms with Gasteiger partial charge in [-0.1, -0.05) is 84.4 Å². The first-order valence-corrected chi connectivity index (χ1v) is 19.4. The molecule has 1 aromatic carbocycles. The average Bonchev–Trinajstić information content (AvgIpc) is 3.09. The minimum absolute atomic E-state index is 0.00579. The Balaban J connectivity index is 0.000000802. The molecule has 13 heteroatoms. The molecule has 0 bridgehead atoms. The van der Waals surface area contributed by atoms with E-state index in [1.165, 1.54) is 25.1 Å². The zero-order valence-electron chi connectivity index (χ0n) is 32.8. The van der Waals surface area contributed by atoms with Crippen LogP contribution in [0.3, 0.4) is 0 Å². The summed E-state index contributed by atoms with van der Waals surface area (Å²) in [4.78, 5) is 60.7. The third-order valence-corrected chi connectivity index (χ3v) is 9.95. The van der Waals surface area contributed by atoms with E-state index in [1.807, 2.05) is 54.2 Å². The molecule has 296 valence electrons. The van der Waals surface area contributed by atoms with Crippen molar-refractivity contribution in [3.05, 3.63) is 47.9 Å². The predicted octanol–water partition coefficient (Wildman–Crippen LogP) is 4.84. The van der Waals surface area contributed by atoms with Gasteiger partial charge in [-0.2, -0.15) is 0 Å². The van der Waals surface area contributed by atoms with Crippen molar-refractivity contribution in [1.82, 2.24) is 15.1 Å². The summed E-state index contributed by atoms with van der Waals surface area (Å²) in [6.07, 6.45) is 6.26. The molecule has 6 atom stereocenters. The number of nitrogens with one attached hydrogen (secondary N) is 1. The molecule has 4 unspecified atom stereocenters. The van der Waals surface area contributed by atoms with Crippen LogP contribution in [0.15, 0.2) is 42.3 Å². The number of likely N-dealkylation sites (tertiary alicyclic amines) is 1. The van der Waals surface area contributed by atoms with Gasteiger partial charge in [-0.15, -0.1) is 11.8 Å². The molecular weight excluding hydrogens is 683 g/mol. The lowest BCUT2D eigenvalue weighted by Gasteiger charge is -2.34. The molecule has 1 heterocycles. The highest BCUT2D eigenvalue weighted by Crippen LogP contribution is 2.22. The molecule has 12 nitrogen and oxygen atoms in total. The Labute approximate surface area is 316 Å². The minimum Gasteiger partial charge on any atom is -0.481 e.